The summed E-state index contributed by atoms with van der Waals surface area (Å²) in [6.45, 7) is 10.3. The molecule has 0 spiro atoms. The molecule has 3 N–H and O–H groups in total. The van der Waals surface area contributed by atoms with Gasteiger partial charge in [0.25, 0.3) is 0 Å². The molecule has 0 fully saturated rings. The summed E-state index contributed by atoms with van der Waals surface area (Å²) in [6, 6.07) is 3.98. The van der Waals surface area contributed by atoms with Crippen LogP contribution in [0.2, 0.25) is 0 Å². The van der Waals surface area contributed by atoms with Crippen molar-refractivity contribution in [3.05, 3.63) is 23.9 Å². The van der Waals surface area contributed by atoms with E-state index in [0.29, 0.717) is 13.0 Å². The lowest BCUT2D eigenvalue weighted by atomic mass is 9.96. The molecule has 1 unspecified atom stereocenters. The molecule has 1 rings (SSSR count). The fraction of sp³-hybridized carbons (Fsp3) is 0.625. The van der Waals surface area contributed by atoms with Gasteiger partial charge in [-0.2, -0.15) is 0 Å². The average Bonchev–Trinajstić information content (AvgIpc) is 2.47. The van der Waals surface area contributed by atoms with E-state index < -0.39 is 5.54 Å². The molecule has 1 heterocycles. The summed E-state index contributed by atoms with van der Waals surface area (Å²) in [6.07, 6.45) is 3.38. The van der Waals surface area contributed by atoms with E-state index in [1.54, 1.807) is 6.92 Å². The van der Waals surface area contributed by atoms with Crippen LogP contribution in [0.15, 0.2) is 18.3 Å². The van der Waals surface area contributed by atoms with Crippen LogP contribution in [0, 0.1) is 0 Å². The molecule has 0 radical (unpaired) electrons. The molecule has 0 aromatic carbocycles. The van der Waals surface area contributed by atoms with E-state index >= 15 is 0 Å². The average molecular weight is 292 g/mol. The molecule has 0 bridgehead atoms. The minimum atomic E-state index is -0.802. The van der Waals surface area contributed by atoms with Crippen molar-refractivity contribution in [1.29, 1.82) is 0 Å². The molecule has 118 valence electrons. The zero-order valence-electron chi connectivity index (χ0n) is 13.6. The smallest absolute Gasteiger partial charge is 0.240 e. The maximum atomic E-state index is 12.0. The molecule has 0 aliphatic carbocycles. The Bertz CT molecular complexity index is 438. The molecular formula is C16H28N4O. The molecule has 1 aromatic heterocycles. The molecule has 21 heavy (non-hydrogen) atoms. The van der Waals surface area contributed by atoms with Crippen molar-refractivity contribution in [2.45, 2.75) is 52.6 Å². The number of nitrogens with two attached hydrogens (primary N) is 1. The minimum Gasteiger partial charge on any atom is -0.357 e. The fourth-order valence-corrected chi connectivity index (χ4v) is 2.27. The fourth-order valence-electron chi connectivity index (χ4n) is 2.27. The van der Waals surface area contributed by atoms with Crippen molar-refractivity contribution in [2.75, 3.05) is 18.0 Å². The second-order valence-electron chi connectivity index (χ2n) is 5.55. The first-order chi connectivity index (χ1) is 9.94. The highest BCUT2D eigenvalue weighted by atomic mass is 16.2. The summed E-state index contributed by atoms with van der Waals surface area (Å²) in [4.78, 5) is 18.7. The zero-order valence-corrected chi connectivity index (χ0v) is 13.6. The Morgan fingerprint density at radius 1 is 1.33 bits per heavy atom. The lowest BCUT2D eigenvalue weighted by molar-refractivity contribution is -0.126. The normalized spacial score (nSPS) is 13.6. The number of anilines is 1. The van der Waals surface area contributed by atoms with Crippen LogP contribution < -0.4 is 16.0 Å². The van der Waals surface area contributed by atoms with Gasteiger partial charge in [-0.1, -0.05) is 19.4 Å². The number of amides is 1. The van der Waals surface area contributed by atoms with E-state index in [0.717, 1.165) is 30.9 Å². The first-order valence-corrected chi connectivity index (χ1v) is 7.71. The summed E-state index contributed by atoms with van der Waals surface area (Å²) in [5.41, 5.74) is 6.18. The Kier molecular flexibility index (Phi) is 6.62. The van der Waals surface area contributed by atoms with E-state index in [1.165, 1.54) is 0 Å². The Balaban J connectivity index is 2.59. The second-order valence-corrected chi connectivity index (χ2v) is 5.55. The van der Waals surface area contributed by atoms with Gasteiger partial charge < -0.3 is 16.0 Å². The van der Waals surface area contributed by atoms with Crippen LogP contribution in [0.1, 0.15) is 46.1 Å². The number of hydrogen-bond acceptors (Lipinski definition) is 4. The number of nitrogens with one attached hydrogen (secondary N) is 1. The van der Waals surface area contributed by atoms with Gasteiger partial charge in [0.15, 0.2) is 0 Å². The van der Waals surface area contributed by atoms with E-state index in [1.807, 2.05) is 25.3 Å². The SMILES string of the molecule is CCCC(C)(N)C(=O)NCc1ccc(N(CC)CC)nc1. The molecule has 5 nitrogen and oxygen atoms in total. The molecule has 0 aliphatic rings. The monoisotopic (exact) mass is 292 g/mol. The third-order valence-corrected chi connectivity index (χ3v) is 3.64. The highest BCUT2D eigenvalue weighted by Crippen LogP contribution is 2.12. The number of carbonyl (C=O) groups excluding carboxylic acids is 1. The van der Waals surface area contributed by atoms with Gasteiger partial charge in [-0.05, 0) is 38.8 Å². The third-order valence-electron chi connectivity index (χ3n) is 3.64. The third kappa shape index (κ3) is 5.01. The van der Waals surface area contributed by atoms with E-state index in [9.17, 15) is 4.79 Å². The van der Waals surface area contributed by atoms with Gasteiger partial charge in [0.2, 0.25) is 5.91 Å². The number of pyridine rings is 1. The lowest BCUT2D eigenvalue weighted by Crippen LogP contribution is -2.51. The van der Waals surface area contributed by atoms with Gasteiger partial charge in [0, 0.05) is 25.8 Å². The number of nitrogens with zero attached hydrogens (tertiary/aromatic N) is 2. The summed E-state index contributed by atoms with van der Waals surface area (Å²) in [7, 11) is 0. The molecule has 1 aromatic rings. The topological polar surface area (TPSA) is 71.2 Å². The molecular weight excluding hydrogens is 264 g/mol. The van der Waals surface area contributed by atoms with Crippen molar-refractivity contribution in [1.82, 2.24) is 10.3 Å². The number of aromatic nitrogens is 1. The standard InChI is InChI=1S/C16H28N4O/c1-5-10-16(4,17)15(21)19-12-13-8-9-14(18-11-13)20(6-2)7-3/h8-9,11H,5-7,10,12,17H2,1-4H3,(H,19,21). The van der Waals surface area contributed by atoms with Crippen molar-refractivity contribution >= 4 is 11.7 Å². The van der Waals surface area contributed by atoms with E-state index in [2.05, 4.69) is 29.0 Å². The van der Waals surface area contributed by atoms with Crippen molar-refractivity contribution in [3.8, 4) is 0 Å². The summed E-state index contributed by atoms with van der Waals surface area (Å²) in [5, 5.41) is 2.88. The summed E-state index contributed by atoms with van der Waals surface area (Å²) >= 11 is 0. The van der Waals surface area contributed by atoms with Gasteiger partial charge in [0.05, 0.1) is 5.54 Å². The number of hydrogen-bond donors (Lipinski definition) is 2. The van der Waals surface area contributed by atoms with E-state index in [4.69, 9.17) is 5.73 Å². The van der Waals surface area contributed by atoms with Gasteiger partial charge >= 0.3 is 0 Å². The van der Waals surface area contributed by atoms with Gasteiger partial charge in [-0.3, -0.25) is 4.79 Å². The molecule has 0 aliphatic heterocycles. The Hall–Kier alpha value is -1.62. The summed E-state index contributed by atoms with van der Waals surface area (Å²) < 4.78 is 0. The van der Waals surface area contributed by atoms with E-state index in [-0.39, 0.29) is 5.91 Å². The van der Waals surface area contributed by atoms with Crippen molar-refractivity contribution in [2.24, 2.45) is 5.73 Å². The number of rotatable bonds is 8. The van der Waals surface area contributed by atoms with Crippen LogP contribution in [-0.2, 0) is 11.3 Å². The maximum Gasteiger partial charge on any atom is 0.240 e. The first kappa shape index (κ1) is 17.4. The predicted molar refractivity (Wildman–Crippen MR) is 87.1 cm³/mol. The van der Waals surface area contributed by atoms with Gasteiger partial charge in [0.1, 0.15) is 5.82 Å². The second kappa shape index (κ2) is 7.98. The molecule has 0 saturated carbocycles. The highest BCUT2D eigenvalue weighted by molar-refractivity contribution is 5.85. The van der Waals surface area contributed by atoms with Crippen LogP contribution in [0.25, 0.3) is 0 Å². The van der Waals surface area contributed by atoms with Crippen LogP contribution in [0.3, 0.4) is 0 Å². The van der Waals surface area contributed by atoms with Crippen molar-refractivity contribution in [3.63, 3.8) is 0 Å². The Morgan fingerprint density at radius 2 is 2.00 bits per heavy atom. The zero-order chi connectivity index (χ0) is 15.9. The van der Waals surface area contributed by atoms with Gasteiger partial charge in [-0.25, -0.2) is 4.98 Å². The first-order valence-electron chi connectivity index (χ1n) is 7.71. The molecule has 0 saturated heterocycles. The Morgan fingerprint density at radius 3 is 2.48 bits per heavy atom. The minimum absolute atomic E-state index is 0.114. The lowest BCUT2D eigenvalue weighted by Gasteiger charge is -2.23. The molecule has 1 amide bonds. The van der Waals surface area contributed by atoms with Crippen LogP contribution in [0.4, 0.5) is 5.82 Å². The van der Waals surface area contributed by atoms with Crippen molar-refractivity contribution < 1.29 is 4.79 Å². The molecule has 1 atom stereocenters. The largest absolute Gasteiger partial charge is 0.357 e. The van der Waals surface area contributed by atoms with Gasteiger partial charge in [-0.15, -0.1) is 0 Å². The highest BCUT2D eigenvalue weighted by Gasteiger charge is 2.26. The predicted octanol–water partition coefficient (Wildman–Crippen LogP) is 2.06. The van der Waals surface area contributed by atoms with Crippen LogP contribution >= 0.6 is 0 Å². The maximum absolute atomic E-state index is 12.0. The van der Waals surface area contributed by atoms with Crippen LogP contribution in [-0.4, -0.2) is 29.5 Å². The summed E-state index contributed by atoms with van der Waals surface area (Å²) in [5.74, 6) is 0.849. The van der Waals surface area contributed by atoms with Crippen LogP contribution in [0.5, 0.6) is 0 Å². The quantitative estimate of drug-likeness (QED) is 0.769. The number of carbonyl (C=O) groups is 1. The molecule has 5 heteroatoms. The Labute approximate surface area is 127 Å².